The standard InChI is InChI=1S/C13H8F6N/c1-20-4-2-3-11(20)8-5-9(12(14,15)16)7-10(6-8)13(17,18)19/h2-3,5-7H,1H3. The molecule has 0 atom stereocenters. The predicted octanol–water partition coefficient (Wildman–Crippen LogP) is 4.53. The first-order valence-electron chi connectivity index (χ1n) is 5.42. The van der Waals surface area contributed by atoms with Gasteiger partial charge in [0.15, 0.2) is 0 Å². The molecule has 0 unspecified atom stereocenters. The third kappa shape index (κ3) is 2.81. The summed E-state index contributed by atoms with van der Waals surface area (Å²) in [5.74, 6) is 0. The van der Waals surface area contributed by atoms with E-state index in [0.29, 0.717) is 12.1 Å². The van der Waals surface area contributed by atoms with Gasteiger partial charge >= 0.3 is 12.4 Å². The molecule has 2 aromatic rings. The van der Waals surface area contributed by atoms with E-state index in [4.69, 9.17) is 0 Å². The highest BCUT2D eigenvalue weighted by molar-refractivity contribution is 5.62. The van der Waals surface area contributed by atoms with Crippen LogP contribution < -0.4 is 0 Å². The zero-order valence-corrected chi connectivity index (χ0v) is 10.1. The molecular formula is C13H8F6N. The first-order chi connectivity index (χ1) is 9.09. The molecule has 1 radical (unpaired) electrons. The maximum Gasteiger partial charge on any atom is 0.416 e. The van der Waals surface area contributed by atoms with E-state index in [1.807, 2.05) is 0 Å². The van der Waals surface area contributed by atoms with Gasteiger partial charge in [0.25, 0.3) is 0 Å². The smallest absolute Gasteiger partial charge is 0.342 e. The molecule has 0 saturated carbocycles. The molecule has 0 bridgehead atoms. The summed E-state index contributed by atoms with van der Waals surface area (Å²) in [6.45, 7) is 0. The molecule has 20 heavy (non-hydrogen) atoms. The zero-order chi connectivity index (χ0) is 15.1. The Bertz CT molecular complexity index is 588. The Morgan fingerprint density at radius 3 is 1.75 bits per heavy atom. The summed E-state index contributed by atoms with van der Waals surface area (Å²) in [4.78, 5) is 0. The monoisotopic (exact) mass is 292 g/mol. The van der Waals surface area contributed by atoms with Crippen molar-refractivity contribution in [3.05, 3.63) is 47.7 Å². The summed E-state index contributed by atoms with van der Waals surface area (Å²) >= 11 is 0. The second kappa shape index (κ2) is 4.57. The van der Waals surface area contributed by atoms with Crippen molar-refractivity contribution < 1.29 is 26.3 Å². The van der Waals surface area contributed by atoms with Crippen LogP contribution >= 0.6 is 0 Å². The Labute approximate surface area is 110 Å². The minimum Gasteiger partial charge on any atom is -0.342 e. The zero-order valence-electron chi connectivity index (χ0n) is 10.1. The minimum atomic E-state index is -4.84. The van der Waals surface area contributed by atoms with Gasteiger partial charge in [0.1, 0.15) is 0 Å². The molecule has 7 heteroatoms. The Kier molecular flexibility index (Phi) is 3.31. The van der Waals surface area contributed by atoms with E-state index in [-0.39, 0.29) is 17.3 Å². The molecule has 1 aromatic heterocycles. The largest absolute Gasteiger partial charge is 0.416 e. The fourth-order valence-corrected chi connectivity index (χ4v) is 1.80. The lowest BCUT2D eigenvalue weighted by molar-refractivity contribution is -0.143. The average molecular weight is 292 g/mol. The van der Waals surface area contributed by atoms with E-state index in [0.717, 1.165) is 0 Å². The third-order valence-corrected chi connectivity index (χ3v) is 2.75. The highest BCUT2D eigenvalue weighted by atomic mass is 19.4. The number of nitrogens with zero attached hydrogens (tertiary/aromatic N) is 1. The highest BCUT2D eigenvalue weighted by Gasteiger charge is 2.37. The van der Waals surface area contributed by atoms with Gasteiger partial charge in [-0.15, -0.1) is 0 Å². The molecule has 0 fully saturated rings. The molecule has 1 nitrogen and oxygen atoms in total. The summed E-state index contributed by atoms with van der Waals surface area (Å²) in [6.07, 6.45) is -7.05. The predicted molar refractivity (Wildman–Crippen MR) is 59.7 cm³/mol. The number of aryl methyl sites for hydroxylation is 1. The minimum absolute atomic E-state index is 0.107. The van der Waals surface area contributed by atoms with Crippen LogP contribution in [0, 0.1) is 6.20 Å². The van der Waals surface area contributed by atoms with Crippen molar-refractivity contribution in [1.82, 2.24) is 4.57 Å². The van der Waals surface area contributed by atoms with Crippen LogP contribution in [0.4, 0.5) is 26.3 Å². The molecule has 0 aliphatic carbocycles. The van der Waals surface area contributed by atoms with Crippen molar-refractivity contribution in [1.29, 1.82) is 0 Å². The van der Waals surface area contributed by atoms with Gasteiger partial charge < -0.3 is 4.57 Å². The summed E-state index contributed by atoms with van der Waals surface area (Å²) in [7, 11) is 1.49. The van der Waals surface area contributed by atoms with Crippen molar-refractivity contribution >= 4 is 0 Å². The van der Waals surface area contributed by atoms with E-state index >= 15 is 0 Å². The van der Waals surface area contributed by atoms with Crippen molar-refractivity contribution in [2.45, 2.75) is 12.4 Å². The summed E-state index contributed by atoms with van der Waals surface area (Å²) in [6, 6.07) is 4.31. The number of benzene rings is 1. The quantitative estimate of drug-likeness (QED) is 0.681. The number of halogens is 6. The second-order valence-corrected chi connectivity index (χ2v) is 4.20. The Hall–Kier alpha value is -1.92. The van der Waals surface area contributed by atoms with Gasteiger partial charge in [-0.1, -0.05) is 0 Å². The van der Waals surface area contributed by atoms with Crippen LogP contribution in [0.3, 0.4) is 0 Å². The van der Waals surface area contributed by atoms with Crippen molar-refractivity contribution in [2.24, 2.45) is 7.05 Å². The van der Waals surface area contributed by atoms with Gasteiger partial charge in [0.05, 0.1) is 17.3 Å². The first-order valence-corrected chi connectivity index (χ1v) is 5.42. The number of hydrogen-bond acceptors (Lipinski definition) is 0. The lowest BCUT2D eigenvalue weighted by atomic mass is 10.0. The molecule has 0 amide bonds. The Morgan fingerprint density at radius 1 is 0.900 bits per heavy atom. The van der Waals surface area contributed by atoms with E-state index in [2.05, 4.69) is 6.20 Å². The lowest BCUT2D eigenvalue weighted by Crippen LogP contribution is -2.11. The normalized spacial score (nSPS) is 12.8. The van der Waals surface area contributed by atoms with Gasteiger partial charge in [-0.3, -0.25) is 0 Å². The summed E-state index contributed by atoms with van der Waals surface area (Å²) < 4.78 is 77.5. The lowest BCUT2D eigenvalue weighted by Gasteiger charge is -2.14. The van der Waals surface area contributed by atoms with E-state index < -0.39 is 23.5 Å². The van der Waals surface area contributed by atoms with Crippen LogP contribution in [-0.4, -0.2) is 4.57 Å². The van der Waals surface area contributed by atoms with Crippen LogP contribution in [0.1, 0.15) is 11.1 Å². The van der Waals surface area contributed by atoms with Crippen molar-refractivity contribution in [3.8, 4) is 11.3 Å². The molecular weight excluding hydrogens is 284 g/mol. The van der Waals surface area contributed by atoms with Gasteiger partial charge in [0, 0.05) is 12.7 Å². The number of alkyl halides is 6. The fourth-order valence-electron chi connectivity index (χ4n) is 1.80. The van der Waals surface area contributed by atoms with Gasteiger partial charge in [-0.2, -0.15) is 26.3 Å². The molecule has 0 N–H and O–H groups in total. The number of aromatic nitrogens is 1. The fraction of sp³-hybridized carbons (Fsp3) is 0.231. The maximum absolute atomic E-state index is 12.7. The third-order valence-electron chi connectivity index (χ3n) is 2.75. The van der Waals surface area contributed by atoms with Crippen LogP contribution in [0.15, 0.2) is 30.3 Å². The highest BCUT2D eigenvalue weighted by Crippen LogP contribution is 2.38. The van der Waals surface area contributed by atoms with Crippen LogP contribution in [-0.2, 0) is 19.4 Å². The van der Waals surface area contributed by atoms with E-state index in [1.165, 1.54) is 23.7 Å². The topological polar surface area (TPSA) is 4.93 Å². The van der Waals surface area contributed by atoms with Gasteiger partial charge in [-0.25, -0.2) is 0 Å². The maximum atomic E-state index is 12.7. The average Bonchev–Trinajstić information content (AvgIpc) is 2.72. The van der Waals surface area contributed by atoms with Crippen LogP contribution in [0.5, 0.6) is 0 Å². The molecule has 2 rings (SSSR count). The van der Waals surface area contributed by atoms with Gasteiger partial charge in [0.2, 0.25) is 0 Å². The number of rotatable bonds is 1. The van der Waals surface area contributed by atoms with Gasteiger partial charge in [-0.05, 0) is 35.9 Å². The molecule has 0 spiro atoms. The van der Waals surface area contributed by atoms with E-state index in [9.17, 15) is 26.3 Å². The Morgan fingerprint density at radius 2 is 1.40 bits per heavy atom. The SMILES string of the molecule is Cn1[c]ccc1-c1cc(C(F)(F)F)cc(C(F)(F)F)c1. The van der Waals surface area contributed by atoms with Crippen molar-refractivity contribution in [2.75, 3.05) is 0 Å². The molecule has 0 aliphatic heterocycles. The first kappa shape index (κ1) is 14.5. The van der Waals surface area contributed by atoms with Crippen LogP contribution in [0.25, 0.3) is 11.3 Å². The molecule has 107 valence electrons. The number of hydrogen-bond donors (Lipinski definition) is 0. The Balaban J connectivity index is 2.67. The summed E-state index contributed by atoms with van der Waals surface area (Å²) in [5, 5.41) is 0. The molecule has 0 saturated heterocycles. The molecule has 1 heterocycles. The molecule has 1 aromatic carbocycles. The second-order valence-electron chi connectivity index (χ2n) is 4.20. The van der Waals surface area contributed by atoms with Crippen molar-refractivity contribution in [3.63, 3.8) is 0 Å². The molecule has 0 aliphatic rings. The van der Waals surface area contributed by atoms with E-state index in [1.54, 1.807) is 0 Å². The van der Waals surface area contributed by atoms with Crippen LogP contribution in [0.2, 0.25) is 0 Å². The summed E-state index contributed by atoms with van der Waals surface area (Å²) in [5.41, 5.74) is -2.59.